The van der Waals surface area contributed by atoms with E-state index in [0.717, 1.165) is 28.9 Å². The zero-order chi connectivity index (χ0) is 18.6. The fourth-order valence-electron chi connectivity index (χ4n) is 3.71. The number of fused-ring (bicyclic) bond motifs is 1. The van der Waals surface area contributed by atoms with Gasteiger partial charge in [0, 0.05) is 12.0 Å². The van der Waals surface area contributed by atoms with E-state index in [4.69, 9.17) is 4.74 Å². The summed E-state index contributed by atoms with van der Waals surface area (Å²) in [6, 6.07) is 26.0. The summed E-state index contributed by atoms with van der Waals surface area (Å²) in [6.07, 6.45) is 0.776. The van der Waals surface area contributed by atoms with Crippen LogP contribution in [-0.4, -0.2) is 12.5 Å². The van der Waals surface area contributed by atoms with Crippen molar-refractivity contribution < 1.29 is 9.53 Å². The van der Waals surface area contributed by atoms with E-state index in [1.54, 1.807) is 0 Å². The average Bonchev–Trinajstić information content (AvgIpc) is 2.70. The molecule has 1 aliphatic rings. The molecule has 3 heteroatoms. The third-order valence-corrected chi connectivity index (χ3v) is 5.05. The van der Waals surface area contributed by atoms with Crippen LogP contribution in [0.4, 0.5) is 0 Å². The average molecular weight is 357 g/mol. The number of hydrogen-bond acceptors (Lipinski definition) is 2. The van der Waals surface area contributed by atoms with E-state index in [1.807, 2.05) is 72.8 Å². The molecule has 1 unspecified atom stereocenters. The monoisotopic (exact) mass is 357 g/mol. The molecule has 3 aromatic carbocycles. The zero-order valence-corrected chi connectivity index (χ0v) is 15.4. The molecule has 0 saturated heterocycles. The highest BCUT2D eigenvalue weighted by Gasteiger charge is 2.28. The maximum absolute atomic E-state index is 13.4. The van der Waals surface area contributed by atoms with E-state index in [2.05, 4.69) is 18.3 Å². The molecular weight excluding hydrogens is 334 g/mol. The Bertz CT molecular complexity index is 882. The van der Waals surface area contributed by atoms with E-state index >= 15 is 0 Å². The van der Waals surface area contributed by atoms with E-state index in [9.17, 15) is 4.79 Å². The Morgan fingerprint density at radius 3 is 2.22 bits per heavy atom. The van der Waals surface area contributed by atoms with Gasteiger partial charge >= 0.3 is 0 Å². The van der Waals surface area contributed by atoms with Gasteiger partial charge in [-0.2, -0.15) is 0 Å². The number of rotatable bonds is 4. The lowest BCUT2D eigenvalue weighted by Crippen LogP contribution is -2.36. The highest BCUT2D eigenvalue weighted by atomic mass is 16.5. The number of carbonyl (C=O) groups is 1. The molecule has 0 spiro atoms. The van der Waals surface area contributed by atoms with Crippen molar-refractivity contribution in [3.8, 4) is 5.75 Å². The van der Waals surface area contributed by atoms with Crippen molar-refractivity contribution in [2.75, 3.05) is 6.61 Å². The van der Waals surface area contributed by atoms with E-state index in [1.165, 1.54) is 5.56 Å². The van der Waals surface area contributed by atoms with Crippen molar-refractivity contribution in [1.82, 2.24) is 5.32 Å². The lowest BCUT2D eigenvalue weighted by Gasteiger charge is -2.29. The number of carbonyl (C=O) groups excluding carboxylic acids is 1. The fourth-order valence-corrected chi connectivity index (χ4v) is 3.71. The maximum Gasteiger partial charge on any atom is 0.232 e. The molecule has 136 valence electrons. The van der Waals surface area contributed by atoms with Crippen molar-refractivity contribution in [3.63, 3.8) is 0 Å². The second kappa shape index (κ2) is 7.67. The van der Waals surface area contributed by atoms with E-state index < -0.39 is 0 Å². The lowest BCUT2D eigenvalue weighted by atomic mass is 9.89. The summed E-state index contributed by atoms with van der Waals surface area (Å²) in [6.45, 7) is 2.67. The van der Waals surface area contributed by atoms with Gasteiger partial charge in [0.2, 0.25) is 5.91 Å². The van der Waals surface area contributed by atoms with Gasteiger partial charge in [0.1, 0.15) is 5.75 Å². The van der Waals surface area contributed by atoms with Crippen molar-refractivity contribution in [2.45, 2.75) is 25.3 Å². The molecule has 3 nitrogen and oxygen atoms in total. The Morgan fingerprint density at radius 1 is 0.963 bits per heavy atom. The standard InChI is InChI=1S/C24H23NO2/c1-17-12-13-22-20(16-17)21(14-15-27-22)25-24(26)23(18-8-4-2-5-9-18)19-10-6-3-7-11-19/h2-13,16,21,23H,14-15H2,1H3,(H,25,26). The van der Waals surface area contributed by atoms with Crippen LogP contribution in [0.5, 0.6) is 5.75 Å². The predicted octanol–water partition coefficient (Wildman–Crippen LogP) is 4.77. The van der Waals surface area contributed by atoms with Crippen LogP contribution in [0.15, 0.2) is 78.9 Å². The first-order chi connectivity index (χ1) is 13.2. The summed E-state index contributed by atoms with van der Waals surface area (Å²) < 4.78 is 5.77. The smallest absolute Gasteiger partial charge is 0.232 e. The summed E-state index contributed by atoms with van der Waals surface area (Å²) in [5.74, 6) is 0.559. The van der Waals surface area contributed by atoms with Gasteiger partial charge in [-0.1, -0.05) is 78.4 Å². The number of aryl methyl sites for hydroxylation is 1. The fraction of sp³-hybridized carbons (Fsp3) is 0.208. The molecule has 27 heavy (non-hydrogen) atoms. The Hall–Kier alpha value is -3.07. The minimum atomic E-state index is -0.330. The van der Waals surface area contributed by atoms with Gasteiger partial charge in [-0.15, -0.1) is 0 Å². The van der Waals surface area contributed by atoms with Crippen molar-refractivity contribution in [3.05, 3.63) is 101 Å². The number of nitrogens with one attached hydrogen (secondary N) is 1. The van der Waals surface area contributed by atoms with Gasteiger partial charge in [0.15, 0.2) is 0 Å². The molecule has 1 aliphatic heterocycles. The highest BCUT2D eigenvalue weighted by molar-refractivity contribution is 5.87. The van der Waals surface area contributed by atoms with Crippen LogP contribution in [0, 0.1) is 6.92 Å². The topological polar surface area (TPSA) is 38.3 Å². The van der Waals surface area contributed by atoms with Crippen molar-refractivity contribution in [1.29, 1.82) is 0 Å². The first-order valence-corrected chi connectivity index (χ1v) is 9.36. The molecule has 1 amide bonds. The van der Waals surface area contributed by atoms with Gasteiger partial charge in [-0.25, -0.2) is 0 Å². The van der Waals surface area contributed by atoms with Crippen LogP contribution in [0.2, 0.25) is 0 Å². The van der Waals surface area contributed by atoms with Crippen molar-refractivity contribution in [2.24, 2.45) is 0 Å². The van der Waals surface area contributed by atoms with Crippen molar-refractivity contribution >= 4 is 5.91 Å². The molecule has 1 atom stereocenters. The number of amides is 1. The molecule has 0 radical (unpaired) electrons. The third-order valence-electron chi connectivity index (χ3n) is 5.05. The number of benzene rings is 3. The Labute approximate surface area is 160 Å². The molecule has 0 aliphatic carbocycles. The normalized spacial score (nSPS) is 15.7. The second-order valence-electron chi connectivity index (χ2n) is 6.99. The minimum absolute atomic E-state index is 0.0201. The van der Waals surface area contributed by atoms with Crippen LogP contribution in [0.25, 0.3) is 0 Å². The molecule has 0 fully saturated rings. The largest absolute Gasteiger partial charge is 0.493 e. The summed E-state index contributed by atoms with van der Waals surface area (Å²) in [5, 5.41) is 3.28. The molecular formula is C24H23NO2. The third kappa shape index (κ3) is 3.72. The van der Waals surface area contributed by atoms with Crippen LogP contribution in [0.1, 0.15) is 40.6 Å². The van der Waals surface area contributed by atoms with Gasteiger partial charge in [-0.3, -0.25) is 4.79 Å². The Kier molecular flexibility index (Phi) is 4.93. The Balaban J connectivity index is 1.65. The van der Waals surface area contributed by atoms with Gasteiger partial charge in [-0.05, 0) is 24.1 Å². The van der Waals surface area contributed by atoms with Crippen LogP contribution in [-0.2, 0) is 4.79 Å². The van der Waals surface area contributed by atoms with Crippen LogP contribution in [0.3, 0.4) is 0 Å². The van der Waals surface area contributed by atoms with Gasteiger partial charge in [0.25, 0.3) is 0 Å². The van der Waals surface area contributed by atoms with E-state index in [-0.39, 0.29) is 17.9 Å². The van der Waals surface area contributed by atoms with E-state index in [0.29, 0.717) is 6.61 Å². The second-order valence-corrected chi connectivity index (χ2v) is 6.99. The zero-order valence-electron chi connectivity index (χ0n) is 15.4. The Morgan fingerprint density at radius 2 is 1.59 bits per heavy atom. The molecule has 0 bridgehead atoms. The highest BCUT2D eigenvalue weighted by Crippen LogP contribution is 2.34. The molecule has 4 rings (SSSR count). The minimum Gasteiger partial charge on any atom is -0.493 e. The molecule has 3 aromatic rings. The number of ether oxygens (including phenoxy) is 1. The van der Waals surface area contributed by atoms with Gasteiger partial charge in [0.05, 0.1) is 18.6 Å². The first-order valence-electron chi connectivity index (χ1n) is 9.36. The summed E-state index contributed by atoms with van der Waals surface area (Å²) in [7, 11) is 0. The number of hydrogen-bond donors (Lipinski definition) is 1. The first kappa shape index (κ1) is 17.3. The summed E-state index contributed by atoms with van der Waals surface area (Å²) >= 11 is 0. The molecule has 1 N–H and O–H groups in total. The molecule has 1 heterocycles. The quantitative estimate of drug-likeness (QED) is 0.731. The van der Waals surface area contributed by atoms with Crippen LogP contribution < -0.4 is 10.1 Å². The summed E-state index contributed by atoms with van der Waals surface area (Å²) in [4.78, 5) is 13.4. The van der Waals surface area contributed by atoms with Crippen LogP contribution >= 0.6 is 0 Å². The maximum atomic E-state index is 13.4. The SMILES string of the molecule is Cc1ccc2c(c1)C(NC(=O)C(c1ccccc1)c1ccccc1)CCO2. The summed E-state index contributed by atoms with van der Waals surface area (Å²) in [5.41, 5.74) is 4.23. The predicted molar refractivity (Wildman–Crippen MR) is 107 cm³/mol. The van der Waals surface area contributed by atoms with Gasteiger partial charge < -0.3 is 10.1 Å². The lowest BCUT2D eigenvalue weighted by molar-refractivity contribution is -0.122. The molecule has 0 saturated carbocycles. The molecule has 0 aromatic heterocycles.